The first-order valence-corrected chi connectivity index (χ1v) is 8.02. The van der Waals surface area contributed by atoms with Crippen LogP contribution < -0.4 is 11.5 Å². The Morgan fingerprint density at radius 3 is 2.58 bits per heavy atom. The lowest BCUT2D eigenvalue weighted by Crippen LogP contribution is -2.10. The molecular weight excluding hydrogens is 300 g/mol. The number of allylic oxidation sites excluding steroid dienone is 2. The summed E-state index contributed by atoms with van der Waals surface area (Å²) in [6.45, 7) is 6.54. The highest BCUT2D eigenvalue weighted by molar-refractivity contribution is 6.01. The summed E-state index contributed by atoms with van der Waals surface area (Å²) in [7, 11) is 1.70. The summed E-state index contributed by atoms with van der Waals surface area (Å²) in [5, 5.41) is 9.63. The van der Waals surface area contributed by atoms with Crippen LogP contribution in [0.15, 0.2) is 45.5 Å². The van der Waals surface area contributed by atoms with Crippen LogP contribution in [0.1, 0.15) is 37.0 Å². The van der Waals surface area contributed by atoms with Crippen molar-refractivity contribution < 1.29 is 5.11 Å². The molecule has 0 heterocycles. The van der Waals surface area contributed by atoms with Gasteiger partial charge in [-0.25, -0.2) is 0 Å². The molecule has 5 heteroatoms. The van der Waals surface area contributed by atoms with Gasteiger partial charge in [0.25, 0.3) is 0 Å². The highest BCUT2D eigenvalue weighted by Crippen LogP contribution is 2.23. The Balaban J connectivity index is 3.37. The second kappa shape index (κ2) is 9.67. The number of rotatable bonds is 7. The van der Waals surface area contributed by atoms with Gasteiger partial charge in [-0.15, -0.1) is 0 Å². The average molecular weight is 328 g/mol. The van der Waals surface area contributed by atoms with Gasteiger partial charge < -0.3 is 16.6 Å². The summed E-state index contributed by atoms with van der Waals surface area (Å²) in [4.78, 5) is 8.52. The number of aliphatic hydroxyl groups is 1. The number of aryl methyl sites for hydroxylation is 1. The van der Waals surface area contributed by atoms with E-state index in [1.54, 1.807) is 19.5 Å². The maximum atomic E-state index is 9.63. The lowest BCUT2D eigenvalue weighted by molar-refractivity contribution is 0.281. The van der Waals surface area contributed by atoms with E-state index in [9.17, 15) is 5.11 Å². The number of benzene rings is 1. The Kier molecular flexibility index (Phi) is 7.92. The second-order valence-electron chi connectivity index (χ2n) is 5.57. The lowest BCUT2D eigenvalue weighted by Gasteiger charge is -2.14. The van der Waals surface area contributed by atoms with Gasteiger partial charge >= 0.3 is 0 Å². The van der Waals surface area contributed by atoms with E-state index < -0.39 is 0 Å². The maximum Gasteiger partial charge on any atom is 0.0688 e. The Bertz CT molecular complexity index is 685. The maximum absolute atomic E-state index is 9.63. The van der Waals surface area contributed by atoms with Crippen LogP contribution in [0.2, 0.25) is 0 Å². The molecule has 0 unspecified atom stereocenters. The number of nitrogens with zero attached hydrogens (tertiary/aromatic N) is 2. The van der Waals surface area contributed by atoms with Crippen LogP contribution in [-0.4, -0.2) is 30.6 Å². The fourth-order valence-corrected chi connectivity index (χ4v) is 2.51. The summed E-state index contributed by atoms with van der Waals surface area (Å²) in [6.07, 6.45) is 3.83. The zero-order valence-corrected chi connectivity index (χ0v) is 15.0. The predicted molar refractivity (Wildman–Crippen MR) is 103 cm³/mol. The fraction of sp³-hybridized carbons (Fsp3) is 0.368. The minimum Gasteiger partial charge on any atom is -0.404 e. The van der Waals surface area contributed by atoms with Gasteiger partial charge in [0.15, 0.2) is 0 Å². The zero-order chi connectivity index (χ0) is 18.1. The molecule has 5 nitrogen and oxygen atoms in total. The van der Waals surface area contributed by atoms with Crippen LogP contribution in [0.25, 0.3) is 5.70 Å². The van der Waals surface area contributed by atoms with E-state index in [1.165, 1.54) is 0 Å². The number of aliphatic imine (C=N–C) groups is 2. The van der Waals surface area contributed by atoms with Crippen LogP contribution in [0.3, 0.4) is 0 Å². The SMILES string of the molecule is CCN=C(C)C(=CN)CC(C=NC)=C(N)c1ccc(C)cc1CO. The Hall–Kier alpha value is -2.40. The molecule has 5 N–H and O–H groups in total. The van der Waals surface area contributed by atoms with Gasteiger partial charge in [0, 0.05) is 43.2 Å². The molecule has 0 aliphatic heterocycles. The monoisotopic (exact) mass is 328 g/mol. The number of aliphatic hydroxyl groups excluding tert-OH is 1. The van der Waals surface area contributed by atoms with Crippen LogP contribution in [0.5, 0.6) is 0 Å². The van der Waals surface area contributed by atoms with Crippen molar-refractivity contribution in [3.05, 3.63) is 52.2 Å². The van der Waals surface area contributed by atoms with Gasteiger partial charge in [-0.05, 0) is 43.7 Å². The fourth-order valence-electron chi connectivity index (χ4n) is 2.51. The average Bonchev–Trinajstić information content (AvgIpc) is 2.57. The Morgan fingerprint density at radius 1 is 1.33 bits per heavy atom. The summed E-state index contributed by atoms with van der Waals surface area (Å²) >= 11 is 0. The molecule has 0 aromatic heterocycles. The molecular formula is C19H28N4O. The van der Waals surface area contributed by atoms with Crippen molar-refractivity contribution in [2.75, 3.05) is 13.6 Å². The number of hydrogen-bond donors (Lipinski definition) is 3. The van der Waals surface area contributed by atoms with Gasteiger partial charge in [0.05, 0.1) is 6.61 Å². The minimum absolute atomic E-state index is 0.0653. The van der Waals surface area contributed by atoms with Crippen molar-refractivity contribution in [2.24, 2.45) is 21.5 Å². The molecule has 0 saturated heterocycles. The normalized spacial score (nSPS) is 14.2. The molecule has 1 aromatic carbocycles. The van der Waals surface area contributed by atoms with E-state index in [2.05, 4.69) is 9.98 Å². The highest BCUT2D eigenvalue weighted by Gasteiger charge is 2.12. The highest BCUT2D eigenvalue weighted by atomic mass is 16.3. The first kappa shape index (κ1) is 19.6. The van der Waals surface area contributed by atoms with Crippen LogP contribution in [0, 0.1) is 6.92 Å². The molecule has 0 amide bonds. The standard InChI is InChI=1S/C19H28N4O/c1-5-23-14(3)15(10-20)9-16(11-22-4)19(21)18-7-6-13(2)8-17(18)12-24/h6-8,10-11,24H,5,9,12,20-21H2,1-4H3. The van der Waals surface area contributed by atoms with Crippen LogP contribution in [0.4, 0.5) is 0 Å². The molecule has 0 saturated carbocycles. The van der Waals surface area contributed by atoms with Crippen molar-refractivity contribution in [1.29, 1.82) is 0 Å². The van der Waals surface area contributed by atoms with E-state index >= 15 is 0 Å². The molecule has 0 spiro atoms. The summed E-state index contributed by atoms with van der Waals surface area (Å²) < 4.78 is 0. The number of nitrogens with two attached hydrogens (primary N) is 2. The quantitative estimate of drug-likeness (QED) is 0.671. The van der Waals surface area contributed by atoms with Gasteiger partial charge in [0.1, 0.15) is 0 Å². The van der Waals surface area contributed by atoms with E-state index in [0.717, 1.165) is 33.5 Å². The van der Waals surface area contributed by atoms with Crippen molar-refractivity contribution in [2.45, 2.75) is 33.8 Å². The van der Waals surface area contributed by atoms with E-state index in [1.807, 2.05) is 39.0 Å². The first-order chi connectivity index (χ1) is 11.5. The summed E-state index contributed by atoms with van der Waals surface area (Å²) in [5.41, 5.74) is 18.1. The third-order valence-electron chi connectivity index (χ3n) is 3.79. The molecule has 0 bridgehead atoms. The molecule has 0 radical (unpaired) electrons. The van der Waals surface area contributed by atoms with Crippen LogP contribution >= 0.6 is 0 Å². The molecule has 130 valence electrons. The van der Waals surface area contributed by atoms with Crippen molar-refractivity contribution in [1.82, 2.24) is 0 Å². The third-order valence-corrected chi connectivity index (χ3v) is 3.79. The van der Waals surface area contributed by atoms with Gasteiger partial charge in [-0.3, -0.25) is 9.98 Å². The second-order valence-corrected chi connectivity index (χ2v) is 5.57. The van der Waals surface area contributed by atoms with Gasteiger partial charge in [-0.2, -0.15) is 0 Å². The molecule has 0 fully saturated rings. The Morgan fingerprint density at radius 2 is 2.04 bits per heavy atom. The molecule has 0 aliphatic carbocycles. The van der Waals surface area contributed by atoms with E-state index in [4.69, 9.17) is 11.5 Å². The smallest absolute Gasteiger partial charge is 0.0688 e. The van der Waals surface area contributed by atoms with Crippen molar-refractivity contribution in [3.8, 4) is 0 Å². The Labute approximate surface area is 144 Å². The van der Waals surface area contributed by atoms with Gasteiger partial charge in [0.2, 0.25) is 0 Å². The lowest BCUT2D eigenvalue weighted by atomic mass is 9.95. The van der Waals surface area contributed by atoms with E-state index in [-0.39, 0.29) is 6.61 Å². The molecule has 1 rings (SSSR count). The molecule has 0 aliphatic rings. The minimum atomic E-state index is -0.0653. The van der Waals surface area contributed by atoms with E-state index in [0.29, 0.717) is 18.7 Å². The summed E-state index contributed by atoms with van der Waals surface area (Å²) in [6, 6.07) is 5.84. The topological polar surface area (TPSA) is 97.0 Å². The third kappa shape index (κ3) is 5.06. The van der Waals surface area contributed by atoms with Crippen molar-refractivity contribution in [3.63, 3.8) is 0 Å². The predicted octanol–water partition coefficient (Wildman–Crippen LogP) is 2.57. The van der Waals surface area contributed by atoms with Crippen molar-refractivity contribution >= 4 is 17.6 Å². The van der Waals surface area contributed by atoms with Crippen LogP contribution in [-0.2, 0) is 6.61 Å². The molecule has 1 aromatic rings. The molecule has 24 heavy (non-hydrogen) atoms. The molecule has 0 atom stereocenters. The number of hydrogen-bond acceptors (Lipinski definition) is 5. The van der Waals surface area contributed by atoms with Gasteiger partial charge in [-0.1, -0.05) is 23.8 Å². The zero-order valence-electron chi connectivity index (χ0n) is 15.0. The summed E-state index contributed by atoms with van der Waals surface area (Å²) in [5.74, 6) is 0. The first-order valence-electron chi connectivity index (χ1n) is 8.02. The largest absolute Gasteiger partial charge is 0.404 e.